The molecule has 5 aliphatic rings. The Kier molecular flexibility index (Phi) is 6.88. The first-order chi connectivity index (χ1) is 24.3. The van der Waals surface area contributed by atoms with Crippen molar-refractivity contribution in [1.29, 1.82) is 0 Å². The van der Waals surface area contributed by atoms with Crippen LogP contribution in [0, 0.1) is 11.8 Å². The molecule has 0 N–H and O–H groups in total. The van der Waals surface area contributed by atoms with Crippen molar-refractivity contribution in [1.82, 2.24) is 0 Å². The van der Waals surface area contributed by atoms with Crippen molar-refractivity contribution in [2.75, 3.05) is 4.90 Å². The lowest BCUT2D eigenvalue weighted by molar-refractivity contribution is 0.420. The van der Waals surface area contributed by atoms with Gasteiger partial charge in [-0.3, -0.25) is 0 Å². The number of hydrogen-bond donors (Lipinski definition) is 0. The molecule has 0 aromatic heterocycles. The fraction of sp³-hybridized carbons (Fsp3) is 0.388. The molecule has 252 valence electrons. The van der Waals surface area contributed by atoms with Gasteiger partial charge in [0.05, 0.1) is 0 Å². The van der Waals surface area contributed by atoms with E-state index in [2.05, 4.69) is 136 Å². The van der Waals surface area contributed by atoms with E-state index in [0.29, 0.717) is 5.92 Å². The summed E-state index contributed by atoms with van der Waals surface area (Å²) in [5.74, 6) is 3.32. The zero-order chi connectivity index (χ0) is 33.8. The molecule has 0 aliphatic heterocycles. The summed E-state index contributed by atoms with van der Waals surface area (Å²) in [6, 6.07) is 40.7. The van der Waals surface area contributed by atoms with Gasteiger partial charge >= 0.3 is 0 Å². The summed E-state index contributed by atoms with van der Waals surface area (Å²) in [7, 11) is 0. The molecule has 0 spiro atoms. The molecule has 3 unspecified atom stereocenters. The van der Waals surface area contributed by atoms with E-state index in [9.17, 15) is 0 Å². The van der Waals surface area contributed by atoms with E-state index in [-0.39, 0.29) is 10.8 Å². The summed E-state index contributed by atoms with van der Waals surface area (Å²) >= 11 is 0. The van der Waals surface area contributed by atoms with Crippen molar-refractivity contribution < 1.29 is 0 Å². The molecule has 0 saturated heterocycles. The second kappa shape index (κ2) is 11.2. The van der Waals surface area contributed by atoms with Gasteiger partial charge in [-0.2, -0.15) is 0 Å². The predicted octanol–water partition coefficient (Wildman–Crippen LogP) is 13.7. The van der Waals surface area contributed by atoms with Gasteiger partial charge in [0.2, 0.25) is 0 Å². The topological polar surface area (TPSA) is 3.24 Å². The Balaban J connectivity index is 1.07. The molecule has 5 aromatic carbocycles. The highest BCUT2D eigenvalue weighted by molar-refractivity contribution is 5.95. The molecule has 2 bridgehead atoms. The van der Waals surface area contributed by atoms with Crippen molar-refractivity contribution in [2.24, 2.45) is 11.8 Å². The van der Waals surface area contributed by atoms with Crippen LogP contribution in [0.4, 0.5) is 17.1 Å². The van der Waals surface area contributed by atoms with Crippen molar-refractivity contribution in [3.63, 3.8) is 0 Å². The summed E-state index contributed by atoms with van der Waals surface area (Å²) in [5.41, 5.74) is 18.2. The monoisotopic (exact) mass is 653 g/mol. The van der Waals surface area contributed by atoms with Gasteiger partial charge in [0.25, 0.3) is 0 Å². The number of nitrogens with zero attached hydrogens (tertiary/aromatic N) is 1. The molecule has 5 aromatic rings. The third kappa shape index (κ3) is 4.51. The normalized spacial score (nSPS) is 23.7. The largest absolute Gasteiger partial charge is 0.310 e. The quantitative estimate of drug-likeness (QED) is 0.182. The van der Waals surface area contributed by atoms with Gasteiger partial charge in [0.15, 0.2) is 0 Å². The highest BCUT2D eigenvalue weighted by Crippen LogP contribution is 2.60. The standard InChI is InChI=1S/C49H51N/c1-48(2)43-13-9-8-12-41(43)46-44(48)27-26-40-39-25-24-38(30-45(39)49(3,4)47(40)46)50(36-20-16-33(17-21-36)32-10-6-5-7-11-32)37-22-18-34(19-23-37)42-29-31-14-15-35(42)28-31/h8-9,12-13,16-27,30-32,35,42H,5-7,10-11,14-15,28-29H2,1-4H3. The predicted molar refractivity (Wildman–Crippen MR) is 210 cm³/mol. The third-order valence-electron chi connectivity index (χ3n) is 14.1. The first kappa shape index (κ1) is 30.7. The fourth-order valence-corrected chi connectivity index (χ4v) is 11.5. The zero-order valence-corrected chi connectivity index (χ0v) is 30.4. The van der Waals surface area contributed by atoms with Crippen LogP contribution >= 0.6 is 0 Å². The van der Waals surface area contributed by atoms with E-state index < -0.39 is 0 Å². The average Bonchev–Trinajstić information content (AvgIpc) is 3.90. The minimum Gasteiger partial charge on any atom is -0.310 e. The Bertz CT molecular complexity index is 2110. The van der Waals surface area contributed by atoms with Gasteiger partial charge in [-0.15, -0.1) is 0 Å². The smallest absolute Gasteiger partial charge is 0.0465 e. The molecule has 0 amide bonds. The first-order valence-electron chi connectivity index (χ1n) is 19.7. The summed E-state index contributed by atoms with van der Waals surface area (Å²) in [4.78, 5) is 2.53. The molecule has 0 heterocycles. The molecular weight excluding hydrogens is 603 g/mol. The summed E-state index contributed by atoms with van der Waals surface area (Å²) < 4.78 is 0. The Hall–Kier alpha value is -4.10. The molecule has 10 rings (SSSR count). The number of benzene rings is 5. The number of hydrogen-bond acceptors (Lipinski definition) is 1. The molecule has 3 fully saturated rings. The highest BCUT2D eigenvalue weighted by atomic mass is 15.1. The van der Waals surface area contributed by atoms with E-state index in [1.807, 2.05) is 0 Å². The summed E-state index contributed by atoms with van der Waals surface area (Å²) in [5, 5.41) is 0. The van der Waals surface area contributed by atoms with Crippen LogP contribution in [-0.4, -0.2) is 0 Å². The van der Waals surface area contributed by atoms with Crippen molar-refractivity contribution >= 4 is 17.1 Å². The molecule has 5 aliphatic carbocycles. The minimum absolute atomic E-state index is 0.00175. The van der Waals surface area contributed by atoms with Gasteiger partial charge in [-0.05, 0) is 148 Å². The van der Waals surface area contributed by atoms with Gasteiger partial charge in [-0.1, -0.05) is 120 Å². The molecule has 1 heteroatoms. The van der Waals surface area contributed by atoms with E-state index in [0.717, 1.165) is 17.8 Å². The van der Waals surface area contributed by atoms with E-state index >= 15 is 0 Å². The Morgan fingerprint density at radius 1 is 0.520 bits per heavy atom. The lowest BCUT2D eigenvalue weighted by Crippen LogP contribution is -2.19. The van der Waals surface area contributed by atoms with Crippen molar-refractivity contribution in [2.45, 2.75) is 108 Å². The van der Waals surface area contributed by atoms with Gasteiger partial charge < -0.3 is 4.90 Å². The van der Waals surface area contributed by atoms with Crippen LogP contribution in [0.1, 0.15) is 131 Å². The van der Waals surface area contributed by atoms with Crippen molar-refractivity contribution in [3.8, 4) is 22.3 Å². The Morgan fingerprint density at radius 3 is 1.90 bits per heavy atom. The lowest BCUT2D eigenvalue weighted by Gasteiger charge is -2.30. The van der Waals surface area contributed by atoms with Gasteiger partial charge in [0.1, 0.15) is 0 Å². The maximum Gasteiger partial charge on any atom is 0.0465 e. The second-order valence-corrected chi connectivity index (χ2v) is 17.6. The number of anilines is 3. The third-order valence-corrected chi connectivity index (χ3v) is 14.1. The maximum absolute atomic E-state index is 2.53. The number of fused-ring (bicyclic) bond motifs is 9. The Labute approximate surface area is 299 Å². The van der Waals surface area contributed by atoms with Crippen molar-refractivity contribution in [3.05, 3.63) is 137 Å². The fourth-order valence-electron chi connectivity index (χ4n) is 11.5. The first-order valence-corrected chi connectivity index (χ1v) is 19.7. The van der Waals surface area contributed by atoms with E-state index in [1.54, 1.807) is 5.56 Å². The highest BCUT2D eigenvalue weighted by Gasteiger charge is 2.45. The minimum atomic E-state index is -0.123. The molecule has 3 saturated carbocycles. The SMILES string of the molecule is CC1(C)c2ccccc2-c2c1ccc1c2C(C)(C)c2cc(N(c3ccc(C4CCCCC4)cc3)c3ccc(C4CC5CCC4C5)cc3)ccc2-1. The van der Waals surface area contributed by atoms with E-state index in [4.69, 9.17) is 0 Å². The maximum atomic E-state index is 2.53. The summed E-state index contributed by atoms with van der Waals surface area (Å²) in [6.45, 7) is 9.72. The van der Waals surface area contributed by atoms with Crippen LogP contribution in [-0.2, 0) is 10.8 Å². The van der Waals surface area contributed by atoms with Crippen LogP contribution in [0.3, 0.4) is 0 Å². The number of rotatable bonds is 5. The molecule has 0 radical (unpaired) electrons. The molecule has 3 atom stereocenters. The molecule has 1 nitrogen and oxygen atoms in total. The zero-order valence-electron chi connectivity index (χ0n) is 30.4. The van der Waals surface area contributed by atoms with E-state index in [1.165, 1.54) is 125 Å². The van der Waals surface area contributed by atoms with Gasteiger partial charge in [0, 0.05) is 27.9 Å². The van der Waals surface area contributed by atoms with Gasteiger partial charge in [-0.25, -0.2) is 0 Å². The van der Waals surface area contributed by atoms with Crippen LogP contribution in [0.15, 0.2) is 103 Å². The van der Waals surface area contributed by atoms with Crippen LogP contribution in [0.25, 0.3) is 22.3 Å². The molecule has 50 heavy (non-hydrogen) atoms. The Morgan fingerprint density at radius 2 is 1.20 bits per heavy atom. The van der Waals surface area contributed by atoms with Crippen LogP contribution in [0.5, 0.6) is 0 Å². The van der Waals surface area contributed by atoms with Crippen LogP contribution in [0.2, 0.25) is 0 Å². The second-order valence-electron chi connectivity index (χ2n) is 17.6. The lowest BCUT2D eigenvalue weighted by atomic mass is 9.77. The van der Waals surface area contributed by atoms with Crippen LogP contribution < -0.4 is 4.90 Å². The molecular formula is C49H51N. The average molecular weight is 654 g/mol. The summed E-state index contributed by atoms with van der Waals surface area (Å²) in [6.07, 6.45) is 12.5.